The van der Waals surface area contributed by atoms with Crippen molar-refractivity contribution in [2.45, 2.75) is 46.5 Å². The molecule has 0 aliphatic heterocycles. The summed E-state index contributed by atoms with van der Waals surface area (Å²) in [6.07, 6.45) is 5.11. The van der Waals surface area contributed by atoms with Crippen LogP contribution in [-0.2, 0) is 0 Å². The van der Waals surface area contributed by atoms with E-state index in [1.807, 2.05) is 0 Å². The van der Waals surface area contributed by atoms with Crippen molar-refractivity contribution >= 4 is 0 Å². The fraction of sp³-hybridized carbons (Fsp3) is 0.900. The SMILES string of the molecule is [CH2]CCCC(CC)C(C)C. The Morgan fingerprint density at radius 3 is 2.20 bits per heavy atom. The van der Waals surface area contributed by atoms with Crippen molar-refractivity contribution in [2.24, 2.45) is 11.8 Å². The van der Waals surface area contributed by atoms with E-state index >= 15 is 0 Å². The molecule has 0 heterocycles. The van der Waals surface area contributed by atoms with Gasteiger partial charge in [-0.05, 0) is 11.8 Å². The molecule has 0 spiro atoms. The van der Waals surface area contributed by atoms with E-state index in [9.17, 15) is 0 Å². The average molecular weight is 141 g/mol. The number of rotatable bonds is 5. The van der Waals surface area contributed by atoms with Crippen LogP contribution < -0.4 is 0 Å². The van der Waals surface area contributed by atoms with E-state index in [1.165, 1.54) is 19.3 Å². The Morgan fingerprint density at radius 2 is 1.90 bits per heavy atom. The fourth-order valence-electron chi connectivity index (χ4n) is 1.42. The summed E-state index contributed by atoms with van der Waals surface area (Å²) in [5, 5.41) is 0. The first-order chi connectivity index (χ1) is 4.72. The van der Waals surface area contributed by atoms with Gasteiger partial charge in [-0.25, -0.2) is 0 Å². The maximum atomic E-state index is 3.85. The molecular formula is C10H21. The molecule has 0 saturated heterocycles. The maximum Gasteiger partial charge on any atom is -0.0394 e. The maximum absolute atomic E-state index is 3.85. The van der Waals surface area contributed by atoms with Gasteiger partial charge in [0.15, 0.2) is 0 Å². The van der Waals surface area contributed by atoms with Crippen LogP contribution in [0.1, 0.15) is 46.5 Å². The molecule has 0 aliphatic carbocycles. The van der Waals surface area contributed by atoms with E-state index in [2.05, 4.69) is 27.7 Å². The van der Waals surface area contributed by atoms with E-state index < -0.39 is 0 Å². The highest BCUT2D eigenvalue weighted by Crippen LogP contribution is 2.20. The van der Waals surface area contributed by atoms with Crippen LogP contribution in [0.15, 0.2) is 0 Å². The molecule has 1 atom stereocenters. The highest BCUT2D eigenvalue weighted by molar-refractivity contribution is 4.61. The standard InChI is InChI=1S/C10H21/c1-5-7-8-10(6-2)9(3)4/h9-10H,1,5-8H2,2-4H3. The van der Waals surface area contributed by atoms with E-state index in [-0.39, 0.29) is 0 Å². The van der Waals surface area contributed by atoms with Gasteiger partial charge in [-0.2, -0.15) is 0 Å². The van der Waals surface area contributed by atoms with Gasteiger partial charge in [-0.3, -0.25) is 0 Å². The highest BCUT2D eigenvalue weighted by Gasteiger charge is 2.08. The van der Waals surface area contributed by atoms with Crippen molar-refractivity contribution in [3.05, 3.63) is 6.92 Å². The molecule has 0 N–H and O–H groups in total. The van der Waals surface area contributed by atoms with Crippen LogP contribution in [0.4, 0.5) is 0 Å². The fourth-order valence-corrected chi connectivity index (χ4v) is 1.42. The molecule has 0 saturated carbocycles. The zero-order valence-electron chi connectivity index (χ0n) is 7.69. The first kappa shape index (κ1) is 10.0. The van der Waals surface area contributed by atoms with Crippen molar-refractivity contribution in [2.75, 3.05) is 0 Å². The van der Waals surface area contributed by atoms with E-state index in [0.29, 0.717) is 0 Å². The molecule has 1 radical (unpaired) electrons. The summed E-state index contributed by atoms with van der Waals surface area (Å²) in [5.41, 5.74) is 0. The molecule has 0 amide bonds. The van der Waals surface area contributed by atoms with Crippen LogP contribution >= 0.6 is 0 Å². The lowest BCUT2D eigenvalue weighted by atomic mass is 9.89. The third kappa shape index (κ3) is 3.92. The molecule has 0 heteroatoms. The van der Waals surface area contributed by atoms with E-state index in [0.717, 1.165) is 18.3 Å². The number of hydrogen-bond acceptors (Lipinski definition) is 0. The van der Waals surface area contributed by atoms with Crippen LogP contribution in [0, 0.1) is 18.8 Å². The lowest BCUT2D eigenvalue weighted by Crippen LogP contribution is -2.06. The second kappa shape index (κ2) is 5.76. The minimum atomic E-state index is 0.858. The normalized spacial score (nSPS) is 14.1. The molecule has 61 valence electrons. The topological polar surface area (TPSA) is 0 Å². The summed E-state index contributed by atoms with van der Waals surface area (Å²) in [7, 11) is 0. The van der Waals surface area contributed by atoms with E-state index in [1.54, 1.807) is 0 Å². The molecule has 0 bridgehead atoms. The third-order valence-electron chi connectivity index (χ3n) is 2.29. The molecule has 0 aliphatic rings. The van der Waals surface area contributed by atoms with Gasteiger partial charge in [0.1, 0.15) is 0 Å². The lowest BCUT2D eigenvalue weighted by molar-refractivity contribution is 0.341. The molecule has 0 aromatic rings. The minimum Gasteiger partial charge on any atom is -0.0651 e. The Balaban J connectivity index is 3.40. The summed E-state index contributed by atoms with van der Waals surface area (Å²) >= 11 is 0. The molecule has 0 aromatic heterocycles. The van der Waals surface area contributed by atoms with Crippen LogP contribution in [0.5, 0.6) is 0 Å². The van der Waals surface area contributed by atoms with Crippen molar-refractivity contribution in [1.82, 2.24) is 0 Å². The van der Waals surface area contributed by atoms with Gasteiger partial charge in [0.05, 0.1) is 0 Å². The van der Waals surface area contributed by atoms with Crippen molar-refractivity contribution in [3.8, 4) is 0 Å². The third-order valence-corrected chi connectivity index (χ3v) is 2.29. The van der Waals surface area contributed by atoms with Gasteiger partial charge in [0.2, 0.25) is 0 Å². The minimum absolute atomic E-state index is 0.858. The second-order valence-electron chi connectivity index (χ2n) is 3.41. The Hall–Kier alpha value is 0. The Labute approximate surface area is 66.0 Å². The van der Waals surface area contributed by atoms with Crippen LogP contribution in [0.25, 0.3) is 0 Å². The lowest BCUT2D eigenvalue weighted by Gasteiger charge is -2.17. The monoisotopic (exact) mass is 141 g/mol. The highest BCUT2D eigenvalue weighted by atomic mass is 14.1. The molecule has 0 fully saturated rings. The molecule has 0 rings (SSSR count). The summed E-state index contributed by atoms with van der Waals surface area (Å²) in [6, 6.07) is 0. The number of unbranched alkanes of at least 4 members (excludes halogenated alkanes) is 1. The van der Waals surface area contributed by atoms with E-state index in [4.69, 9.17) is 0 Å². The second-order valence-corrected chi connectivity index (χ2v) is 3.41. The van der Waals surface area contributed by atoms with Crippen LogP contribution in [-0.4, -0.2) is 0 Å². The largest absolute Gasteiger partial charge is 0.0651 e. The molecule has 0 nitrogen and oxygen atoms in total. The van der Waals surface area contributed by atoms with Gasteiger partial charge in [-0.15, -0.1) is 0 Å². The van der Waals surface area contributed by atoms with Crippen molar-refractivity contribution in [1.29, 1.82) is 0 Å². The Kier molecular flexibility index (Phi) is 5.76. The quantitative estimate of drug-likeness (QED) is 0.548. The predicted octanol–water partition coefficient (Wildman–Crippen LogP) is 3.67. The van der Waals surface area contributed by atoms with Crippen LogP contribution in [0.3, 0.4) is 0 Å². The summed E-state index contributed by atoms with van der Waals surface area (Å²) < 4.78 is 0. The summed E-state index contributed by atoms with van der Waals surface area (Å²) in [4.78, 5) is 0. The average Bonchev–Trinajstić information content (AvgIpc) is 1.89. The smallest absolute Gasteiger partial charge is 0.0394 e. The molecular weight excluding hydrogens is 120 g/mol. The first-order valence-corrected chi connectivity index (χ1v) is 4.51. The first-order valence-electron chi connectivity index (χ1n) is 4.51. The van der Waals surface area contributed by atoms with Gasteiger partial charge >= 0.3 is 0 Å². The molecule has 10 heavy (non-hydrogen) atoms. The predicted molar refractivity (Wildman–Crippen MR) is 47.8 cm³/mol. The van der Waals surface area contributed by atoms with Gasteiger partial charge in [-0.1, -0.05) is 53.4 Å². The summed E-state index contributed by atoms with van der Waals surface area (Å²) in [6.45, 7) is 10.8. The summed E-state index contributed by atoms with van der Waals surface area (Å²) in [5.74, 6) is 1.79. The zero-order chi connectivity index (χ0) is 7.98. The molecule has 0 aromatic carbocycles. The van der Waals surface area contributed by atoms with Gasteiger partial charge < -0.3 is 0 Å². The Bertz CT molecular complexity index is 64.4. The van der Waals surface area contributed by atoms with Gasteiger partial charge in [0.25, 0.3) is 0 Å². The van der Waals surface area contributed by atoms with Crippen molar-refractivity contribution < 1.29 is 0 Å². The van der Waals surface area contributed by atoms with Crippen molar-refractivity contribution in [3.63, 3.8) is 0 Å². The zero-order valence-corrected chi connectivity index (χ0v) is 7.69. The Morgan fingerprint density at radius 1 is 1.30 bits per heavy atom. The van der Waals surface area contributed by atoms with Gasteiger partial charge in [0, 0.05) is 0 Å². The molecule has 1 unspecified atom stereocenters. The number of hydrogen-bond donors (Lipinski definition) is 0. The van der Waals surface area contributed by atoms with Crippen LogP contribution in [0.2, 0.25) is 0 Å².